The van der Waals surface area contributed by atoms with Crippen LogP contribution in [0.25, 0.3) is 0 Å². The van der Waals surface area contributed by atoms with Gasteiger partial charge in [-0.1, -0.05) is 6.42 Å². The number of β-amino-alcohol motifs (C(OH)–C–C–N with tert-alkyl or cyclic N) is 1. The molecule has 1 N–H and O–H groups in total. The topological polar surface area (TPSA) is 58.5 Å². The maximum absolute atomic E-state index is 10.0. The quantitative estimate of drug-likeness (QED) is 0.917. The van der Waals surface area contributed by atoms with Crippen LogP contribution >= 0.6 is 0 Å². The predicted octanol–water partition coefficient (Wildman–Crippen LogP) is 2.15. The largest absolute Gasteiger partial charge is 0.473 e. The Morgan fingerprint density at radius 2 is 2.10 bits per heavy atom. The number of hydrogen-bond donors (Lipinski definition) is 1. The molecule has 1 saturated carbocycles. The van der Waals surface area contributed by atoms with Crippen molar-refractivity contribution in [3.63, 3.8) is 0 Å². The third kappa shape index (κ3) is 3.20. The van der Waals surface area contributed by atoms with E-state index in [9.17, 15) is 5.11 Å². The van der Waals surface area contributed by atoms with Gasteiger partial charge in [0.05, 0.1) is 18.0 Å². The van der Waals surface area contributed by atoms with Crippen molar-refractivity contribution in [1.82, 2.24) is 9.97 Å². The number of rotatable bonds is 3. The zero-order valence-corrected chi connectivity index (χ0v) is 12.1. The number of hydrogen-bond acceptors (Lipinski definition) is 5. The van der Waals surface area contributed by atoms with Gasteiger partial charge in [0.15, 0.2) is 5.82 Å². The molecule has 2 fully saturated rings. The van der Waals surface area contributed by atoms with Crippen LogP contribution in [0, 0.1) is 0 Å². The van der Waals surface area contributed by atoms with Crippen molar-refractivity contribution in [3.05, 3.63) is 12.4 Å². The van der Waals surface area contributed by atoms with Crippen LogP contribution in [0.3, 0.4) is 0 Å². The Labute approximate surface area is 120 Å². The SMILES string of the molecule is CC1(O)CCN(c2cncc(OC3CCCCC3)n2)C1. The molecule has 5 nitrogen and oxygen atoms in total. The van der Waals surface area contributed by atoms with E-state index in [0.717, 1.165) is 31.6 Å². The van der Waals surface area contributed by atoms with E-state index in [1.54, 1.807) is 12.4 Å². The molecular weight excluding hydrogens is 254 g/mol. The van der Waals surface area contributed by atoms with E-state index in [-0.39, 0.29) is 6.10 Å². The van der Waals surface area contributed by atoms with Crippen molar-refractivity contribution < 1.29 is 9.84 Å². The standard InChI is InChI=1S/C15H23N3O2/c1-15(19)7-8-18(11-15)13-9-16-10-14(17-13)20-12-5-3-2-4-6-12/h9-10,12,19H,2-8,11H2,1H3. The molecule has 20 heavy (non-hydrogen) atoms. The smallest absolute Gasteiger partial charge is 0.234 e. The molecule has 0 radical (unpaired) electrons. The molecule has 0 aromatic carbocycles. The van der Waals surface area contributed by atoms with Crippen LogP contribution in [0.2, 0.25) is 0 Å². The Kier molecular flexibility index (Phi) is 3.78. The summed E-state index contributed by atoms with van der Waals surface area (Å²) in [5.41, 5.74) is -0.623. The molecule has 5 heteroatoms. The van der Waals surface area contributed by atoms with E-state index >= 15 is 0 Å². The summed E-state index contributed by atoms with van der Waals surface area (Å²) >= 11 is 0. The van der Waals surface area contributed by atoms with Crippen molar-refractivity contribution in [1.29, 1.82) is 0 Å². The van der Waals surface area contributed by atoms with Gasteiger partial charge in [0, 0.05) is 13.1 Å². The molecule has 1 aromatic rings. The van der Waals surface area contributed by atoms with Gasteiger partial charge in [-0.2, -0.15) is 4.98 Å². The molecule has 110 valence electrons. The average molecular weight is 277 g/mol. The number of aromatic nitrogens is 2. The molecule has 0 spiro atoms. The molecule has 1 aliphatic carbocycles. The van der Waals surface area contributed by atoms with E-state index in [0.29, 0.717) is 12.4 Å². The lowest BCUT2D eigenvalue weighted by atomic mass is 9.98. The summed E-state index contributed by atoms with van der Waals surface area (Å²) in [7, 11) is 0. The van der Waals surface area contributed by atoms with Gasteiger partial charge >= 0.3 is 0 Å². The lowest BCUT2D eigenvalue weighted by Crippen LogP contribution is -2.30. The fourth-order valence-corrected chi connectivity index (χ4v) is 3.04. The van der Waals surface area contributed by atoms with Gasteiger partial charge in [-0.25, -0.2) is 0 Å². The van der Waals surface area contributed by atoms with Gasteiger partial charge < -0.3 is 14.7 Å². The van der Waals surface area contributed by atoms with Gasteiger partial charge in [-0.15, -0.1) is 0 Å². The van der Waals surface area contributed by atoms with Crippen molar-refractivity contribution in [2.45, 2.75) is 57.2 Å². The Morgan fingerprint density at radius 1 is 1.30 bits per heavy atom. The monoisotopic (exact) mass is 277 g/mol. The second-order valence-corrected chi connectivity index (χ2v) is 6.26. The van der Waals surface area contributed by atoms with E-state index in [1.165, 1.54) is 19.3 Å². The first-order valence-electron chi connectivity index (χ1n) is 7.58. The Bertz CT molecular complexity index is 458. The first kappa shape index (κ1) is 13.6. The van der Waals surface area contributed by atoms with Crippen molar-refractivity contribution in [2.75, 3.05) is 18.0 Å². The average Bonchev–Trinajstić information content (AvgIpc) is 2.81. The van der Waals surface area contributed by atoms with Gasteiger partial charge in [0.25, 0.3) is 0 Å². The highest BCUT2D eigenvalue weighted by molar-refractivity contribution is 5.39. The van der Waals surface area contributed by atoms with Gasteiger partial charge in [0.1, 0.15) is 6.10 Å². The lowest BCUT2D eigenvalue weighted by Gasteiger charge is -2.23. The second kappa shape index (κ2) is 5.56. The van der Waals surface area contributed by atoms with Gasteiger partial charge in [0.2, 0.25) is 5.88 Å². The summed E-state index contributed by atoms with van der Waals surface area (Å²) < 4.78 is 5.94. The highest BCUT2D eigenvalue weighted by Crippen LogP contribution is 2.27. The van der Waals surface area contributed by atoms with Crippen LogP contribution in [-0.4, -0.2) is 39.9 Å². The van der Waals surface area contributed by atoms with Crippen LogP contribution < -0.4 is 9.64 Å². The number of nitrogens with zero attached hydrogens (tertiary/aromatic N) is 3. The molecule has 2 heterocycles. The lowest BCUT2D eigenvalue weighted by molar-refractivity contribution is 0.0838. The maximum Gasteiger partial charge on any atom is 0.234 e. The highest BCUT2D eigenvalue weighted by atomic mass is 16.5. The van der Waals surface area contributed by atoms with Crippen molar-refractivity contribution >= 4 is 5.82 Å². The minimum Gasteiger partial charge on any atom is -0.473 e. The molecule has 1 atom stereocenters. The maximum atomic E-state index is 10.0. The third-order valence-electron chi connectivity index (χ3n) is 4.22. The fourth-order valence-electron chi connectivity index (χ4n) is 3.04. The van der Waals surface area contributed by atoms with Crippen LogP contribution in [0.1, 0.15) is 45.4 Å². The third-order valence-corrected chi connectivity index (χ3v) is 4.22. The summed E-state index contributed by atoms with van der Waals surface area (Å²) in [5, 5.41) is 10.0. The van der Waals surface area contributed by atoms with E-state index in [2.05, 4.69) is 14.9 Å². The fraction of sp³-hybridized carbons (Fsp3) is 0.733. The summed E-state index contributed by atoms with van der Waals surface area (Å²) in [4.78, 5) is 10.8. The second-order valence-electron chi connectivity index (χ2n) is 6.26. The van der Waals surface area contributed by atoms with E-state index in [4.69, 9.17) is 4.74 Å². The highest BCUT2D eigenvalue weighted by Gasteiger charge is 2.32. The van der Waals surface area contributed by atoms with E-state index in [1.807, 2.05) is 6.92 Å². The molecule has 1 aromatic heterocycles. The molecular formula is C15H23N3O2. The Morgan fingerprint density at radius 3 is 2.80 bits per heavy atom. The predicted molar refractivity (Wildman–Crippen MR) is 77.0 cm³/mol. The molecule has 2 aliphatic rings. The minimum atomic E-state index is -0.623. The summed E-state index contributed by atoms with van der Waals surface area (Å²) in [5.74, 6) is 1.41. The van der Waals surface area contributed by atoms with E-state index < -0.39 is 5.60 Å². The van der Waals surface area contributed by atoms with Crippen LogP contribution in [0.5, 0.6) is 5.88 Å². The molecule has 0 amide bonds. The summed E-state index contributed by atoms with van der Waals surface area (Å²) in [6, 6.07) is 0. The number of aliphatic hydroxyl groups is 1. The van der Waals surface area contributed by atoms with Crippen LogP contribution in [0.4, 0.5) is 5.82 Å². The minimum absolute atomic E-state index is 0.287. The Hall–Kier alpha value is -1.36. The van der Waals surface area contributed by atoms with Crippen LogP contribution in [-0.2, 0) is 0 Å². The molecule has 1 saturated heterocycles. The zero-order chi connectivity index (χ0) is 14.0. The van der Waals surface area contributed by atoms with Crippen molar-refractivity contribution in [3.8, 4) is 5.88 Å². The first-order chi connectivity index (χ1) is 9.62. The van der Waals surface area contributed by atoms with Crippen LogP contribution in [0.15, 0.2) is 12.4 Å². The molecule has 3 rings (SSSR count). The van der Waals surface area contributed by atoms with Gasteiger partial charge in [-0.05, 0) is 39.0 Å². The summed E-state index contributed by atoms with van der Waals surface area (Å²) in [6.45, 7) is 3.28. The normalized spacial score (nSPS) is 27.8. The zero-order valence-electron chi connectivity index (χ0n) is 12.1. The molecule has 1 unspecified atom stereocenters. The van der Waals surface area contributed by atoms with Gasteiger partial charge in [-0.3, -0.25) is 4.98 Å². The number of ether oxygens (including phenoxy) is 1. The summed E-state index contributed by atoms with van der Waals surface area (Å²) in [6.07, 6.45) is 10.5. The first-order valence-corrected chi connectivity index (χ1v) is 7.58. The molecule has 1 aliphatic heterocycles. The molecule has 0 bridgehead atoms. The Balaban J connectivity index is 1.66. The van der Waals surface area contributed by atoms with Crippen molar-refractivity contribution in [2.24, 2.45) is 0 Å². The number of anilines is 1.